The molecule has 9 aromatic rings. The van der Waals surface area contributed by atoms with Crippen LogP contribution in [0.2, 0.25) is 0 Å². The summed E-state index contributed by atoms with van der Waals surface area (Å²) in [7, 11) is 0. The lowest BCUT2D eigenvalue weighted by molar-refractivity contribution is 0.658. The van der Waals surface area contributed by atoms with Gasteiger partial charge in [-0.25, -0.2) is 9.97 Å². The minimum absolute atomic E-state index is 0.240. The Balaban J connectivity index is 1.33. The normalized spacial score (nSPS) is 13.5. The Morgan fingerprint density at radius 2 is 1.23 bits per heavy atom. The molecule has 0 saturated heterocycles. The Bertz CT molecular complexity index is 2710. The van der Waals surface area contributed by atoms with Gasteiger partial charge in [0.1, 0.15) is 11.2 Å². The minimum atomic E-state index is -0.240. The molecule has 3 aromatic heterocycles. The highest BCUT2D eigenvalue weighted by Crippen LogP contribution is 2.51. The number of furan rings is 1. The van der Waals surface area contributed by atoms with Crippen LogP contribution in [0.1, 0.15) is 25.0 Å². The predicted octanol–water partition coefficient (Wildman–Crippen LogP) is 11.1. The van der Waals surface area contributed by atoms with Gasteiger partial charge in [0.2, 0.25) is 0 Å². The fourth-order valence-electron chi connectivity index (χ4n) is 7.92. The molecule has 47 heavy (non-hydrogen) atoms. The quantitative estimate of drug-likeness (QED) is 0.202. The third-order valence-electron chi connectivity index (χ3n) is 10.00. The number of hydrogen-bond acceptors (Lipinski definition) is 3. The molecule has 0 saturated carbocycles. The molecule has 0 spiro atoms. The summed E-state index contributed by atoms with van der Waals surface area (Å²) in [5.74, 6) is 0.709. The summed E-state index contributed by atoms with van der Waals surface area (Å²) < 4.78 is 8.78. The molecule has 0 radical (unpaired) electrons. The predicted molar refractivity (Wildman–Crippen MR) is 192 cm³/mol. The maximum Gasteiger partial charge on any atom is 0.162 e. The molecule has 10 rings (SSSR count). The third-order valence-corrected chi connectivity index (χ3v) is 10.00. The summed E-state index contributed by atoms with van der Waals surface area (Å²) in [6, 6.07) is 49.0. The van der Waals surface area contributed by atoms with Crippen molar-refractivity contribution in [3.05, 3.63) is 151 Å². The van der Waals surface area contributed by atoms with Crippen LogP contribution in [0.3, 0.4) is 0 Å². The molecule has 0 unspecified atom stereocenters. The topological polar surface area (TPSA) is 43.9 Å². The zero-order valence-electron chi connectivity index (χ0n) is 26.0. The van der Waals surface area contributed by atoms with Gasteiger partial charge < -0.3 is 8.98 Å². The Kier molecular flexibility index (Phi) is 5.31. The van der Waals surface area contributed by atoms with Crippen molar-refractivity contribution in [2.75, 3.05) is 0 Å². The molecule has 222 valence electrons. The number of nitrogens with zero attached hydrogens (tertiary/aromatic N) is 3. The van der Waals surface area contributed by atoms with Crippen molar-refractivity contribution in [1.82, 2.24) is 14.5 Å². The molecule has 1 aliphatic carbocycles. The second kappa shape index (κ2) is 9.51. The van der Waals surface area contributed by atoms with Crippen molar-refractivity contribution in [2.45, 2.75) is 19.3 Å². The van der Waals surface area contributed by atoms with Crippen molar-refractivity contribution in [3.8, 4) is 39.6 Å². The number of fused-ring (bicyclic) bond motifs is 10. The van der Waals surface area contributed by atoms with E-state index in [4.69, 9.17) is 14.4 Å². The van der Waals surface area contributed by atoms with Crippen LogP contribution in [0.15, 0.2) is 144 Å². The summed E-state index contributed by atoms with van der Waals surface area (Å²) in [5, 5.41) is 4.60. The van der Waals surface area contributed by atoms with Crippen LogP contribution in [-0.2, 0) is 5.41 Å². The summed E-state index contributed by atoms with van der Waals surface area (Å²) in [4.78, 5) is 10.9. The molecule has 0 atom stereocenters. The molecular weight excluding hydrogens is 574 g/mol. The number of benzene rings is 6. The highest BCUT2D eigenvalue weighted by Gasteiger charge is 2.40. The minimum Gasteiger partial charge on any atom is -0.456 e. The monoisotopic (exact) mass is 603 g/mol. The summed E-state index contributed by atoms with van der Waals surface area (Å²) in [6.07, 6.45) is 0. The zero-order valence-corrected chi connectivity index (χ0v) is 26.0. The first-order valence-electron chi connectivity index (χ1n) is 16.1. The van der Waals surface area contributed by atoms with Crippen molar-refractivity contribution < 1.29 is 4.42 Å². The van der Waals surface area contributed by atoms with Crippen LogP contribution in [0.25, 0.3) is 83.3 Å². The van der Waals surface area contributed by atoms with Crippen LogP contribution in [-0.4, -0.2) is 14.5 Å². The summed E-state index contributed by atoms with van der Waals surface area (Å²) in [5.41, 5.74) is 12.5. The van der Waals surface area contributed by atoms with Gasteiger partial charge in [-0.1, -0.05) is 117 Å². The number of aromatic nitrogens is 3. The highest BCUT2D eigenvalue weighted by atomic mass is 16.3. The number of hydrogen-bond donors (Lipinski definition) is 0. The fourth-order valence-corrected chi connectivity index (χ4v) is 7.92. The van der Waals surface area contributed by atoms with E-state index in [0.717, 1.165) is 61.2 Å². The van der Waals surface area contributed by atoms with Crippen LogP contribution in [0, 0.1) is 0 Å². The molecular formula is C43H29N3O. The van der Waals surface area contributed by atoms with Crippen molar-refractivity contribution in [1.29, 1.82) is 0 Å². The molecule has 0 bridgehead atoms. The Labute approximate surface area is 271 Å². The highest BCUT2D eigenvalue weighted by molar-refractivity contribution is 6.24. The van der Waals surface area contributed by atoms with E-state index in [1.165, 1.54) is 27.5 Å². The van der Waals surface area contributed by atoms with Gasteiger partial charge >= 0.3 is 0 Å². The van der Waals surface area contributed by atoms with Gasteiger partial charge in [0.05, 0.1) is 33.5 Å². The Morgan fingerprint density at radius 3 is 2.11 bits per heavy atom. The van der Waals surface area contributed by atoms with E-state index in [9.17, 15) is 0 Å². The largest absolute Gasteiger partial charge is 0.456 e. The second-order valence-corrected chi connectivity index (χ2v) is 13.0. The molecule has 3 heterocycles. The maximum absolute atomic E-state index is 6.39. The maximum atomic E-state index is 6.39. The second-order valence-electron chi connectivity index (χ2n) is 13.0. The standard InChI is InChI=1S/C43H29N3O/c1-43(2)32-20-10-6-17-29(32)40-38(43)39(26-14-4-3-5-15-26)44-42(45-40)30-18-8-12-22-34(30)46-33-21-11-7-16-27(33)28-24-25-36-37(41(28)46)31-19-9-13-23-35(31)47-36/h3-25H,1-2H3. The summed E-state index contributed by atoms with van der Waals surface area (Å²) in [6.45, 7) is 4.58. The zero-order chi connectivity index (χ0) is 31.3. The first kappa shape index (κ1) is 26.2. The smallest absolute Gasteiger partial charge is 0.162 e. The Hall–Kier alpha value is -6.00. The average Bonchev–Trinajstić information content (AvgIpc) is 3.74. The molecule has 0 fully saturated rings. The van der Waals surface area contributed by atoms with Gasteiger partial charge in [0, 0.05) is 43.8 Å². The summed E-state index contributed by atoms with van der Waals surface area (Å²) >= 11 is 0. The van der Waals surface area contributed by atoms with Crippen molar-refractivity contribution in [3.63, 3.8) is 0 Å². The number of rotatable bonds is 3. The van der Waals surface area contributed by atoms with Crippen molar-refractivity contribution in [2.24, 2.45) is 0 Å². The van der Waals surface area contributed by atoms with E-state index in [-0.39, 0.29) is 5.41 Å². The lowest BCUT2D eigenvalue weighted by Gasteiger charge is -2.24. The van der Waals surface area contributed by atoms with Crippen molar-refractivity contribution >= 4 is 43.7 Å². The van der Waals surface area contributed by atoms with Gasteiger partial charge in [-0.15, -0.1) is 0 Å². The van der Waals surface area contributed by atoms with Gasteiger partial charge in [-0.3, -0.25) is 0 Å². The van der Waals surface area contributed by atoms with Crippen LogP contribution < -0.4 is 0 Å². The van der Waals surface area contributed by atoms with Gasteiger partial charge in [0.15, 0.2) is 5.82 Å². The van der Waals surface area contributed by atoms with Gasteiger partial charge in [0.25, 0.3) is 0 Å². The fraction of sp³-hybridized carbons (Fsp3) is 0.0698. The third kappa shape index (κ3) is 3.58. The van der Waals surface area contributed by atoms with Crippen LogP contribution in [0.4, 0.5) is 0 Å². The molecule has 0 aliphatic heterocycles. The van der Waals surface area contributed by atoms with E-state index in [1.54, 1.807) is 0 Å². The SMILES string of the molecule is CC1(C)c2ccccc2-c2nc(-c3ccccc3-n3c4ccccc4c4ccc5oc6ccccc6c5c43)nc(-c3ccccc3)c21. The van der Waals surface area contributed by atoms with Crippen LogP contribution in [0.5, 0.6) is 0 Å². The van der Waals surface area contributed by atoms with E-state index in [2.05, 4.69) is 146 Å². The first-order valence-corrected chi connectivity index (χ1v) is 16.1. The van der Waals surface area contributed by atoms with E-state index < -0.39 is 0 Å². The molecule has 4 heteroatoms. The molecule has 0 amide bonds. The molecule has 4 nitrogen and oxygen atoms in total. The molecule has 0 N–H and O–H groups in total. The number of para-hydroxylation sites is 3. The van der Waals surface area contributed by atoms with Gasteiger partial charge in [-0.2, -0.15) is 0 Å². The van der Waals surface area contributed by atoms with E-state index in [0.29, 0.717) is 5.82 Å². The lowest BCUT2D eigenvalue weighted by atomic mass is 9.81. The Morgan fingerprint density at radius 1 is 0.553 bits per heavy atom. The first-order chi connectivity index (χ1) is 23.1. The van der Waals surface area contributed by atoms with E-state index >= 15 is 0 Å². The van der Waals surface area contributed by atoms with E-state index in [1.807, 2.05) is 12.1 Å². The molecule has 6 aromatic carbocycles. The molecule has 1 aliphatic rings. The van der Waals surface area contributed by atoms with Crippen LogP contribution >= 0.6 is 0 Å². The van der Waals surface area contributed by atoms with Gasteiger partial charge in [-0.05, 0) is 42.0 Å². The average molecular weight is 604 g/mol. The lowest BCUT2D eigenvalue weighted by Crippen LogP contribution is -2.17.